The molecule has 2 rings (SSSR count). The highest BCUT2D eigenvalue weighted by molar-refractivity contribution is 5.67. The largest absolute Gasteiger partial charge is 0.465 e. The van der Waals surface area contributed by atoms with E-state index in [0.29, 0.717) is 6.42 Å². The molecule has 2 aromatic rings. The lowest BCUT2D eigenvalue weighted by atomic mass is 9.94. The van der Waals surface area contributed by atoms with E-state index in [9.17, 15) is 24.9 Å². The van der Waals surface area contributed by atoms with Gasteiger partial charge in [0.25, 0.3) is 0 Å². The summed E-state index contributed by atoms with van der Waals surface area (Å²) in [7, 11) is 0. The maximum atomic E-state index is 12.1. The van der Waals surface area contributed by atoms with Crippen LogP contribution in [0.3, 0.4) is 0 Å². The van der Waals surface area contributed by atoms with E-state index in [4.69, 9.17) is 4.74 Å². The standard InChI is InChI=1S/C26H37N3O6/c1-25(2,3)35-24(33)28-18-26(34,15-20-12-8-5-9-13-20)17-27-16-22(30)21(29-23(31)32)14-19-10-6-4-7-11-19/h4-13,21-22,27,29-30,34H,14-18H2,1-3H3,(H,28,33)(H,31,32)/t21-,22+,26?/m0/s1. The molecule has 0 saturated carbocycles. The molecule has 0 aliphatic heterocycles. The first-order valence-electron chi connectivity index (χ1n) is 11.6. The summed E-state index contributed by atoms with van der Waals surface area (Å²) in [5, 5.41) is 39.2. The monoisotopic (exact) mass is 487 g/mol. The van der Waals surface area contributed by atoms with Gasteiger partial charge < -0.3 is 36.0 Å². The van der Waals surface area contributed by atoms with Crippen molar-refractivity contribution in [2.75, 3.05) is 19.6 Å². The molecule has 0 aromatic heterocycles. The minimum atomic E-state index is -1.38. The van der Waals surface area contributed by atoms with Crippen LogP contribution in [0.1, 0.15) is 31.9 Å². The zero-order valence-electron chi connectivity index (χ0n) is 20.5. The number of hydrogen-bond donors (Lipinski definition) is 6. The van der Waals surface area contributed by atoms with E-state index in [1.54, 1.807) is 20.8 Å². The fourth-order valence-electron chi connectivity index (χ4n) is 3.62. The quantitative estimate of drug-likeness (QED) is 0.270. The average molecular weight is 488 g/mol. The molecule has 0 aliphatic carbocycles. The molecule has 0 heterocycles. The zero-order valence-corrected chi connectivity index (χ0v) is 20.5. The number of aliphatic hydroxyl groups excluding tert-OH is 1. The maximum Gasteiger partial charge on any atom is 0.407 e. The third-order valence-corrected chi connectivity index (χ3v) is 5.22. The van der Waals surface area contributed by atoms with Crippen molar-refractivity contribution < 1.29 is 29.6 Å². The summed E-state index contributed by atoms with van der Waals surface area (Å²) < 4.78 is 5.27. The average Bonchev–Trinajstić information content (AvgIpc) is 2.77. The molecule has 6 N–H and O–H groups in total. The molecule has 9 nitrogen and oxygen atoms in total. The topological polar surface area (TPSA) is 140 Å². The second-order valence-electron chi connectivity index (χ2n) is 9.69. The summed E-state index contributed by atoms with van der Waals surface area (Å²) >= 11 is 0. The van der Waals surface area contributed by atoms with Gasteiger partial charge in [0.2, 0.25) is 0 Å². The van der Waals surface area contributed by atoms with Gasteiger partial charge >= 0.3 is 12.2 Å². The maximum absolute atomic E-state index is 12.1. The molecule has 9 heteroatoms. The Labute approximate surface area is 206 Å². The third-order valence-electron chi connectivity index (χ3n) is 5.22. The van der Waals surface area contributed by atoms with Crippen molar-refractivity contribution in [2.45, 2.75) is 57.0 Å². The minimum absolute atomic E-state index is 0.0291. The van der Waals surface area contributed by atoms with Crippen LogP contribution in [0, 0.1) is 0 Å². The van der Waals surface area contributed by atoms with Gasteiger partial charge in [0.15, 0.2) is 0 Å². The Morgan fingerprint density at radius 2 is 1.51 bits per heavy atom. The fourth-order valence-corrected chi connectivity index (χ4v) is 3.62. The number of carbonyl (C=O) groups excluding carboxylic acids is 1. The number of carboxylic acid groups (broad SMARTS) is 1. The Kier molecular flexibility index (Phi) is 10.5. The van der Waals surface area contributed by atoms with Crippen molar-refractivity contribution in [3.8, 4) is 0 Å². The van der Waals surface area contributed by atoms with Crippen LogP contribution >= 0.6 is 0 Å². The van der Waals surface area contributed by atoms with E-state index in [0.717, 1.165) is 11.1 Å². The number of rotatable bonds is 12. The lowest BCUT2D eigenvalue weighted by Crippen LogP contribution is -2.54. The van der Waals surface area contributed by atoms with Crippen LogP contribution in [-0.2, 0) is 17.6 Å². The summed E-state index contributed by atoms with van der Waals surface area (Å²) in [5.74, 6) is 0. The van der Waals surface area contributed by atoms with Crippen LogP contribution in [-0.4, -0.2) is 70.5 Å². The molecular formula is C26H37N3O6. The van der Waals surface area contributed by atoms with Gasteiger partial charge in [0.1, 0.15) is 5.60 Å². The number of nitrogens with one attached hydrogen (secondary N) is 3. The van der Waals surface area contributed by atoms with Crippen LogP contribution in [0.5, 0.6) is 0 Å². The predicted octanol–water partition coefficient (Wildman–Crippen LogP) is 2.31. The summed E-state index contributed by atoms with van der Waals surface area (Å²) in [5.41, 5.74) is -0.299. The SMILES string of the molecule is CC(C)(C)OC(=O)NCC(O)(CNC[C@@H](O)[C@H](Cc1ccccc1)NC(=O)O)Cc1ccccc1. The Morgan fingerprint density at radius 1 is 0.943 bits per heavy atom. The second kappa shape index (κ2) is 13.1. The van der Waals surface area contributed by atoms with Crippen molar-refractivity contribution in [1.82, 2.24) is 16.0 Å². The summed E-state index contributed by atoms with van der Waals surface area (Å²) in [6.07, 6.45) is -2.37. The molecule has 2 amide bonds. The molecule has 192 valence electrons. The molecule has 35 heavy (non-hydrogen) atoms. The molecular weight excluding hydrogens is 450 g/mol. The van der Waals surface area contributed by atoms with Crippen molar-refractivity contribution in [2.24, 2.45) is 0 Å². The van der Waals surface area contributed by atoms with Crippen molar-refractivity contribution in [1.29, 1.82) is 0 Å². The van der Waals surface area contributed by atoms with Crippen LogP contribution in [0.25, 0.3) is 0 Å². The summed E-state index contributed by atoms with van der Waals surface area (Å²) in [6, 6.07) is 17.9. The molecule has 0 fully saturated rings. The van der Waals surface area contributed by atoms with Crippen molar-refractivity contribution >= 4 is 12.2 Å². The van der Waals surface area contributed by atoms with Gasteiger partial charge in [-0.1, -0.05) is 60.7 Å². The van der Waals surface area contributed by atoms with Gasteiger partial charge in [0, 0.05) is 19.5 Å². The smallest absolute Gasteiger partial charge is 0.407 e. The minimum Gasteiger partial charge on any atom is -0.465 e. The van der Waals surface area contributed by atoms with Crippen molar-refractivity contribution in [3.63, 3.8) is 0 Å². The molecule has 0 spiro atoms. The van der Waals surface area contributed by atoms with Crippen LogP contribution in [0.4, 0.5) is 9.59 Å². The van der Waals surface area contributed by atoms with Crippen LogP contribution in [0.2, 0.25) is 0 Å². The van der Waals surface area contributed by atoms with Crippen molar-refractivity contribution in [3.05, 3.63) is 71.8 Å². The molecule has 0 bridgehead atoms. The van der Waals surface area contributed by atoms with E-state index in [-0.39, 0.29) is 26.1 Å². The van der Waals surface area contributed by atoms with E-state index >= 15 is 0 Å². The number of hydrogen-bond acceptors (Lipinski definition) is 6. The highest BCUT2D eigenvalue weighted by Gasteiger charge is 2.30. The third kappa shape index (κ3) is 11.2. The molecule has 0 aliphatic rings. The fraction of sp³-hybridized carbons (Fsp3) is 0.462. The van der Waals surface area contributed by atoms with Gasteiger partial charge in [-0.3, -0.25) is 0 Å². The highest BCUT2D eigenvalue weighted by Crippen LogP contribution is 2.14. The number of benzene rings is 2. The lowest BCUT2D eigenvalue weighted by molar-refractivity contribution is 0.0214. The Balaban J connectivity index is 2.01. The van der Waals surface area contributed by atoms with E-state index in [1.165, 1.54) is 0 Å². The van der Waals surface area contributed by atoms with Gasteiger partial charge in [-0.15, -0.1) is 0 Å². The normalized spacial score (nSPS) is 14.9. The first-order chi connectivity index (χ1) is 16.5. The molecule has 0 radical (unpaired) electrons. The van der Waals surface area contributed by atoms with E-state index < -0.39 is 35.5 Å². The number of amides is 2. The van der Waals surface area contributed by atoms with Gasteiger partial charge in [-0.25, -0.2) is 9.59 Å². The predicted molar refractivity (Wildman–Crippen MR) is 133 cm³/mol. The summed E-state index contributed by atoms with van der Waals surface area (Å²) in [6.45, 7) is 5.25. The number of ether oxygens (including phenoxy) is 1. The molecule has 3 atom stereocenters. The number of alkyl carbamates (subject to hydrolysis) is 1. The number of aliphatic hydroxyl groups is 2. The number of carbonyl (C=O) groups is 2. The van der Waals surface area contributed by atoms with E-state index in [2.05, 4.69) is 16.0 Å². The molecule has 0 saturated heterocycles. The second-order valence-corrected chi connectivity index (χ2v) is 9.69. The molecule has 2 aromatic carbocycles. The van der Waals surface area contributed by atoms with Crippen LogP contribution < -0.4 is 16.0 Å². The van der Waals surface area contributed by atoms with Gasteiger partial charge in [-0.2, -0.15) is 0 Å². The van der Waals surface area contributed by atoms with Gasteiger partial charge in [0.05, 0.1) is 24.3 Å². The first kappa shape index (κ1) is 28.1. The summed E-state index contributed by atoms with van der Waals surface area (Å²) in [4.78, 5) is 23.4. The van der Waals surface area contributed by atoms with E-state index in [1.807, 2.05) is 60.7 Å². The lowest BCUT2D eigenvalue weighted by Gasteiger charge is -2.31. The van der Waals surface area contributed by atoms with Crippen LogP contribution in [0.15, 0.2) is 60.7 Å². The zero-order chi connectivity index (χ0) is 25.9. The first-order valence-corrected chi connectivity index (χ1v) is 11.6. The Hall–Kier alpha value is -3.14. The highest BCUT2D eigenvalue weighted by atomic mass is 16.6. The Bertz CT molecular complexity index is 920. The molecule has 1 unspecified atom stereocenters. The Morgan fingerprint density at radius 3 is 2.06 bits per heavy atom. The van der Waals surface area contributed by atoms with Gasteiger partial charge in [-0.05, 0) is 38.3 Å².